The molecule has 8 nitrogen and oxygen atoms in total. The van der Waals surface area contributed by atoms with Crippen LogP contribution in [0.15, 0.2) is 41.6 Å². The van der Waals surface area contributed by atoms with Gasteiger partial charge in [0.25, 0.3) is 5.91 Å². The smallest absolute Gasteiger partial charge is 0.256 e. The molecule has 2 amide bonds. The molecule has 1 N–H and O–H groups in total. The van der Waals surface area contributed by atoms with Crippen LogP contribution >= 0.6 is 0 Å². The second-order valence-corrected chi connectivity index (χ2v) is 10.3. The van der Waals surface area contributed by atoms with Crippen molar-refractivity contribution in [1.82, 2.24) is 14.9 Å². The zero-order chi connectivity index (χ0) is 22.0. The van der Waals surface area contributed by atoms with Crippen LogP contribution < -0.4 is 5.32 Å². The van der Waals surface area contributed by atoms with E-state index in [0.29, 0.717) is 17.9 Å². The number of anilines is 1. The zero-order valence-electron chi connectivity index (χ0n) is 17.5. The lowest BCUT2D eigenvalue weighted by atomic mass is 9.84. The monoisotopic (exact) mass is 442 g/mol. The highest BCUT2D eigenvalue weighted by Gasteiger charge is 2.40. The molecule has 164 valence electrons. The Balaban J connectivity index is 1.64. The van der Waals surface area contributed by atoms with Crippen LogP contribution in [0.3, 0.4) is 0 Å². The summed E-state index contributed by atoms with van der Waals surface area (Å²) in [5.74, 6) is -0.242. The fourth-order valence-corrected chi connectivity index (χ4v) is 5.50. The van der Waals surface area contributed by atoms with Gasteiger partial charge in [-0.2, -0.15) is 0 Å². The average Bonchev–Trinajstić information content (AvgIpc) is 3.09. The van der Waals surface area contributed by atoms with E-state index >= 15 is 0 Å². The van der Waals surface area contributed by atoms with Crippen molar-refractivity contribution in [2.45, 2.75) is 56.0 Å². The van der Waals surface area contributed by atoms with Crippen LogP contribution in [0, 0.1) is 5.92 Å². The van der Waals surface area contributed by atoms with E-state index in [1.54, 1.807) is 18.2 Å². The van der Waals surface area contributed by atoms with Crippen LogP contribution in [0.4, 0.5) is 5.95 Å². The predicted molar refractivity (Wildman–Crippen MR) is 115 cm³/mol. The minimum absolute atomic E-state index is 0.0146. The number of hydrogen-bond donors (Lipinski definition) is 1. The van der Waals surface area contributed by atoms with E-state index in [2.05, 4.69) is 15.3 Å². The second-order valence-electron chi connectivity index (χ2n) is 8.31. The summed E-state index contributed by atoms with van der Waals surface area (Å²) in [6.45, 7) is 0.206. The number of rotatable bonds is 6. The number of aromatic nitrogens is 2. The van der Waals surface area contributed by atoms with Crippen molar-refractivity contribution in [3.63, 3.8) is 0 Å². The van der Waals surface area contributed by atoms with Crippen molar-refractivity contribution < 1.29 is 18.0 Å². The van der Waals surface area contributed by atoms with Gasteiger partial charge in [0.05, 0.1) is 10.5 Å². The van der Waals surface area contributed by atoms with Gasteiger partial charge in [0, 0.05) is 25.2 Å². The fraction of sp³-hybridized carbons (Fsp3) is 0.455. The molecule has 1 aliphatic carbocycles. The predicted octanol–water partition coefficient (Wildman–Crippen LogP) is 2.81. The Hall–Kier alpha value is -2.81. The van der Waals surface area contributed by atoms with Crippen molar-refractivity contribution in [2.24, 2.45) is 5.92 Å². The molecule has 0 bridgehead atoms. The molecule has 1 fully saturated rings. The van der Waals surface area contributed by atoms with Crippen molar-refractivity contribution in [3.05, 3.63) is 47.8 Å². The molecule has 1 aromatic carbocycles. The molecule has 1 saturated carbocycles. The van der Waals surface area contributed by atoms with Crippen LogP contribution in [-0.2, 0) is 21.2 Å². The third-order valence-electron chi connectivity index (χ3n) is 6.09. The minimum atomic E-state index is -3.57. The largest absolute Gasteiger partial charge is 0.322 e. The highest BCUT2D eigenvalue weighted by atomic mass is 32.2. The normalized spacial score (nSPS) is 18.0. The van der Waals surface area contributed by atoms with Gasteiger partial charge in [-0.15, -0.1) is 0 Å². The Morgan fingerprint density at radius 2 is 1.87 bits per heavy atom. The molecule has 9 heteroatoms. The maximum atomic E-state index is 13.4. The third-order valence-corrected chi connectivity index (χ3v) is 7.23. The molecule has 0 radical (unpaired) electrons. The van der Waals surface area contributed by atoms with Gasteiger partial charge in [0.2, 0.25) is 11.9 Å². The standard InChI is InChI=1S/C22H26N4O4S/c1-31(29,30)18-10-5-9-16-14-26(21(28)19(16)18)17(13-15-7-3-2-4-8-15)20(27)25-22-23-11-6-12-24-22/h5-6,9-12,15,17H,2-4,7-8,13-14H2,1H3,(H,23,24,25,27)/t17-/m0/s1. The van der Waals surface area contributed by atoms with Gasteiger partial charge in [-0.25, -0.2) is 18.4 Å². The van der Waals surface area contributed by atoms with Crippen molar-refractivity contribution in [3.8, 4) is 0 Å². The molecule has 1 aromatic heterocycles. The Bertz CT molecular complexity index is 1080. The molecular formula is C22H26N4O4S. The summed E-state index contributed by atoms with van der Waals surface area (Å²) >= 11 is 0. The number of amides is 2. The molecule has 1 atom stereocenters. The SMILES string of the molecule is CS(=O)(=O)c1cccc2c1C(=O)N([C@@H](CC1CCCCC1)C(=O)Nc1ncccn1)C2. The van der Waals surface area contributed by atoms with E-state index < -0.39 is 21.8 Å². The lowest BCUT2D eigenvalue weighted by molar-refractivity contribution is -0.121. The Morgan fingerprint density at radius 3 is 2.55 bits per heavy atom. The van der Waals surface area contributed by atoms with Crippen molar-refractivity contribution >= 4 is 27.6 Å². The van der Waals surface area contributed by atoms with E-state index in [0.717, 1.165) is 31.9 Å². The van der Waals surface area contributed by atoms with E-state index in [4.69, 9.17) is 0 Å². The molecule has 0 unspecified atom stereocenters. The van der Waals surface area contributed by atoms with Crippen LogP contribution in [-0.4, -0.2) is 47.4 Å². The summed E-state index contributed by atoms with van der Waals surface area (Å²) in [5.41, 5.74) is 0.813. The lowest BCUT2D eigenvalue weighted by Gasteiger charge is -2.31. The highest BCUT2D eigenvalue weighted by Crippen LogP contribution is 2.34. The van der Waals surface area contributed by atoms with Crippen LogP contribution in [0.5, 0.6) is 0 Å². The maximum absolute atomic E-state index is 13.4. The average molecular weight is 443 g/mol. The molecule has 1 aliphatic heterocycles. The van der Waals surface area contributed by atoms with Crippen molar-refractivity contribution in [1.29, 1.82) is 0 Å². The summed E-state index contributed by atoms with van der Waals surface area (Å²) in [7, 11) is -3.57. The Kier molecular flexibility index (Phi) is 6.04. The quantitative estimate of drug-likeness (QED) is 0.737. The van der Waals surface area contributed by atoms with Gasteiger partial charge in [0.1, 0.15) is 6.04 Å². The number of hydrogen-bond acceptors (Lipinski definition) is 6. The van der Waals surface area contributed by atoms with Gasteiger partial charge < -0.3 is 4.90 Å². The topological polar surface area (TPSA) is 109 Å². The summed E-state index contributed by atoms with van der Waals surface area (Å²) in [4.78, 5) is 36.2. The number of nitrogens with zero attached hydrogens (tertiary/aromatic N) is 3. The molecule has 4 rings (SSSR count). The van der Waals surface area contributed by atoms with E-state index in [1.165, 1.54) is 29.8 Å². The van der Waals surface area contributed by atoms with Gasteiger partial charge in [0.15, 0.2) is 9.84 Å². The summed E-state index contributed by atoms with van der Waals surface area (Å²) < 4.78 is 24.5. The zero-order valence-corrected chi connectivity index (χ0v) is 18.3. The molecule has 2 heterocycles. The number of sulfone groups is 1. The maximum Gasteiger partial charge on any atom is 0.256 e. The summed E-state index contributed by atoms with van der Waals surface area (Å²) in [5, 5.41) is 2.73. The van der Waals surface area contributed by atoms with Crippen LogP contribution in [0.25, 0.3) is 0 Å². The number of benzene rings is 1. The van der Waals surface area contributed by atoms with E-state index in [9.17, 15) is 18.0 Å². The first-order valence-corrected chi connectivity index (χ1v) is 12.4. The van der Waals surface area contributed by atoms with Crippen LogP contribution in [0.1, 0.15) is 54.4 Å². The number of fused-ring (bicyclic) bond motifs is 1. The van der Waals surface area contributed by atoms with Crippen LogP contribution in [0.2, 0.25) is 0 Å². The minimum Gasteiger partial charge on any atom is -0.322 e. The first kappa shape index (κ1) is 21.4. The van der Waals surface area contributed by atoms with Gasteiger partial charge in [-0.1, -0.05) is 44.2 Å². The second kappa shape index (κ2) is 8.74. The fourth-order valence-electron chi connectivity index (χ4n) is 4.58. The van der Waals surface area contributed by atoms with Gasteiger partial charge in [-0.3, -0.25) is 14.9 Å². The molecule has 0 saturated heterocycles. The molecular weight excluding hydrogens is 416 g/mol. The molecule has 31 heavy (non-hydrogen) atoms. The highest BCUT2D eigenvalue weighted by molar-refractivity contribution is 7.90. The first-order chi connectivity index (χ1) is 14.8. The number of nitrogens with one attached hydrogen (secondary N) is 1. The van der Waals surface area contributed by atoms with Gasteiger partial charge in [-0.05, 0) is 30.0 Å². The van der Waals surface area contributed by atoms with E-state index in [1.807, 2.05) is 0 Å². The Labute approximate surface area is 182 Å². The molecule has 2 aliphatic rings. The molecule has 0 spiro atoms. The lowest BCUT2D eigenvalue weighted by Crippen LogP contribution is -2.45. The number of carbonyl (C=O) groups excluding carboxylic acids is 2. The first-order valence-electron chi connectivity index (χ1n) is 10.6. The third kappa shape index (κ3) is 4.61. The van der Waals surface area contributed by atoms with Gasteiger partial charge >= 0.3 is 0 Å². The summed E-state index contributed by atoms with van der Waals surface area (Å²) in [6, 6.07) is 5.77. The Morgan fingerprint density at radius 1 is 1.16 bits per heavy atom. The summed E-state index contributed by atoms with van der Waals surface area (Å²) in [6.07, 6.45) is 10.2. The number of carbonyl (C=O) groups is 2. The molecule has 2 aromatic rings. The van der Waals surface area contributed by atoms with Crippen molar-refractivity contribution in [2.75, 3.05) is 11.6 Å². The van der Waals surface area contributed by atoms with E-state index in [-0.39, 0.29) is 28.9 Å².